The average Bonchev–Trinajstić information content (AvgIpc) is 2.97. The summed E-state index contributed by atoms with van der Waals surface area (Å²) in [5.74, 6) is 0. The van der Waals surface area contributed by atoms with Crippen LogP contribution in [-0.2, 0) is 13.0 Å². The SMILES string of the molecule is CC(N)C(c1ccc(Cl)s1)N1CCc2sccc2C1. The molecule has 2 unspecified atom stereocenters. The maximum atomic E-state index is 6.23. The van der Waals surface area contributed by atoms with Crippen LogP contribution in [0.5, 0.6) is 0 Å². The Bertz CT molecular complexity index is 561. The van der Waals surface area contributed by atoms with Gasteiger partial charge in [0.1, 0.15) is 0 Å². The van der Waals surface area contributed by atoms with Gasteiger partial charge in [-0.3, -0.25) is 4.90 Å². The van der Waals surface area contributed by atoms with Crippen molar-refractivity contribution in [3.8, 4) is 0 Å². The highest BCUT2D eigenvalue weighted by Gasteiger charge is 2.28. The van der Waals surface area contributed by atoms with Crippen LogP contribution < -0.4 is 5.73 Å². The first-order valence-corrected chi connectivity index (χ1v) is 8.52. The third-order valence-electron chi connectivity index (χ3n) is 3.61. The van der Waals surface area contributed by atoms with Gasteiger partial charge in [-0.1, -0.05) is 11.6 Å². The van der Waals surface area contributed by atoms with Crippen molar-refractivity contribution in [2.75, 3.05) is 6.54 Å². The van der Waals surface area contributed by atoms with E-state index in [1.165, 1.54) is 15.3 Å². The van der Waals surface area contributed by atoms with Gasteiger partial charge in [-0.05, 0) is 42.5 Å². The summed E-state index contributed by atoms with van der Waals surface area (Å²) >= 11 is 9.59. The Labute approximate surface area is 126 Å². The van der Waals surface area contributed by atoms with Crippen molar-refractivity contribution in [3.63, 3.8) is 0 Å². The molecule has 0 spiro atoms. The summed E-state index contributed by atoms with van der Waals surface area (Å²) < 4.78 is 0.842. The maximum absolute atomic E-state index is 6.23. The number of nitrogens with two attached hydrogens (primary N) is 1. The smallest absolute Gasteiger partial charge is 0.0931 e. The van der Waals surface area contributed by atoms with Crippen LogP contribution in [0.25, 0.3) is 0 Å². The van der Waals surface area contributed by atoms with Crippen LogP contribution >= 0.6 is 34.3 Å². The number of rotatable bonds is 3. The van der Waals surface area contributed by atoms with Crippen LogP contribution in [0, 0.1) is 0 Å². The summed E-state index contributed by atoms with van der Waals surface area (Å²) in [5.41, 5.74) is 7.69. The summed E-state index contributed by atoms with van der Waals surface area (Å²) in [7, 11) is 0. The third-order valence-corrected chi connectivity index (χ3v) is 5.94. The lowest BCUT2D eigenvalue weighted by atomic mass is 10.0. The molecular weight excluding hydrogens is 296 g/mol. The van der Waals surface area contributed by atoms with Gasteiger partial charge in [0, 0.05) is 28.9 Å². The molecule has 0 bridgehead atoms. The van der Waals surface area contributed by atoms with Crippen LogP contribution in [0.1, 0.15) is 28.3 Å². The van der Waals surface area contributed by atoms with E-state index in [2.05, 4.69) is 29.3 Å². The molecular formula is C14H17ClN2S2. The van der Waals surface area contributed by atoms with Crippen molar-refractivity contribution in [1.29, 1.82) is 0 Å². The molecule has 0 fully saturated rings. The minimum Gasteiger partial charge on any atom is -0.326 e. The molecule has 1 aliphatic rings. The Morgan fingerprint density at radius 2 is 2.21 bits per heavy atom. The van der Waals surface area contributed by atoms with Crippen molar-refractivity contribution >= 4 is 34.3 Å². The number of hydrogen-bond acceptors (Lipinski definition) is 4. The molecule has 5 heteroatoms. The lowest BCUT2D eigenvalue weighted by molar-refractivity contribution is 0.163. The Hall–Kier alpha value is -0.390. The minimum atomic E-state index is 0.106. The molecule has 102 valence electrons. The van der Waals surface area contributed by atoms with Crippen LogP contribution in [0.3, 0.4) is 0 Å². The molecule has 0 saturated heterocycles. The van der Waals surface area contributed by atoms with Gasteiger partial charge in [-0.15, -0.1) is 22.7 Å². The lowest BCUT2D eigenvalue weighted by Crippen LogP contribution is -2.41. The van der Waals surface area contributed by atoms with Gasteiger partial charge in [-0.2, -0.15) is 0 Å². The van der Waals surface area contributed by atoms with Crippen molar-refractivity contribution in [2.24, 2.45) is 5.73 Å². The molecule has 2 N–H and O–H groups in total. The summed E-state index contributed by atoms with van der Waals surface area (Å²) in [4.78, 5) is 5.30. The van der Waals surface area contributed by atoms with Crippen LogP contribution in [0.15, 0.2) is 23.6 Å². The van der Waals surface area contributed by atoms with E-state index in [0.29, 0.717) is 0 Å². The van der Waals surface area contributed by atoms with Gasteiger partial charge in [0.2, 0.25) is 0 Å². The predicted molar refractivity (Wildman–Crippen MR) is 84.2 cm³/mol. The highest BCUT2D eigenvalue weighted by molar-refractivity contribution is 7.16. The summed E-state index contributed by atoms with van der Waals surface area (Å²) in [5, 5.41) is 2.19. The highest BCUT2D eigenvalue weighted by atomic mass is 35.5. The summed E-state index contributed by atoms with van der Waals surface area (Å²) in [6.45, 7) is 4.16. The zero-order valence-electron chi connectivity index (χ0n) is 10.8. The van der Waals surface area contributed by atoms with E-state index >= 15 is 0 Å². The van der Waals surface area contributed by atoms with Crippen LogP contribution in [-0.4, -0.2) is 17.5 Å². The lowest BCUT2D eigenvalue weighted by Gasteiger charge is -2.36. The second kappa shape index (κ2) is 5.54. The Kier molecular flexibility index (Phi) is 3.96. The van der Waals surface area contributed by atoms with E-state index in [1.54, 1.807) is 11.3 Å². The Morgan fingerprint density at radius 3 is 2.89 bits per heavy atom. The number of thiophene rings is 2. The second-order valence-electron chi connectivity index (χ2n) is 5.04. The largest absolute Gasteiger partial charge is 0.326 e. The molecule has 0 amide bonds. The molecule has 0 saturated carbocycles. The fourth-order valence-electron chi connectivity index (χ4n) is 2.77. The van der Waals surface area contributed by atoms with Crippen LogP contribution in [0.4, 0.5) is 0 Å². The first kappa shape index (κ1) is 13.6. The van der Waals surface area contributed by atoms with Gasteiger partial charge in [0.25, 0.3) is 0 Å². The molecule has 19 heavy (non-hydrogen) atoms. The molecule has 3 heterocycles. The Balaban J connectivity index is 1.86. The van der Waals surface area contributed by atoms with Crippen molar-refractivity contribution in [1.82, 2.24) is 4.90 Å². The van der Waals surface area contributed by atoms with Gasteiger partial charge in [0.05, 0.1) is 10.4 Å². The molecule has 0 aliphatic carbocycles. The highest BCUT2D eigenvalue weighted by Crippen LogP contribution is 2.35. The van der Waals surface area contributed by atoms with Gasteiger partial charge >= 0.3 is 0 Å². The normalized spacial score (nSPS) is 19.1. The molecule has 2 aromatic heterocycles. The third kappa shape index (κ3) is 2.73. The van der Waals surface area contributed by atoms with Crippen LogP contribution in [0.2, 0.25) is 4.34 Å². The van der Waals surface area contributed by atoms with E-state index in [9.17, 15) is 0 Å². The zero-order chi connectivity index (χ0) is 13.4. The monoisotopic (exact) mass is 312 g/mol. The van der Waals surface area contributed by atoms with Crippen molar-refractivity contribution in [3.05, 3.63) is 43.2 Å². The first-order valence-electron chi connectivity index (χ1n) is 6.45. The number of halogens is 1. The molecule has 2 atom stereocenters. The molecule has 1 aliphatic heterocycles. The van der Waals surface area contributed by atoms with E-state index in [0.717, 1.165) is 23.8 Å². The summed E-state index contributed by atoms with van der Waals surface area (Å²) in [6, 6.07) is 6.70. The van der Waals surface area contributed by atoms with E-state index in [1.807, 2.05) is 17.4 Å². The quantitative estimate of drug-likeness (QED) is 0.931. The number of fused-ring (bicyclic) bond motifs is 1. The summed E-state index contributed by atoms with van der Waals surface area (Å²) in [6.07, 6.45) is 1.13. The maximum Gasteiger partial charge on any atom is 0.0931 e. The second-order valence-corrected chi connectivity index (χ2v) is 7.78. The van der Waals surface area contributed by atoms with Gasteiger partial charge < -0.3 is 5.73 Å². The number of hydrogen-bond donors (Lipinski definition) is 1. The Morgan fingerprint density at radius 1 is 1.37 bits per heavy atom. The minimum absolute atomic E-state index is 0.106. The van der Waals surface area contributed by atoms with Gasteiger partial charge in [0.15, 0.2) is 0 Å². The first-order chi connectivity index (χ1) is 9.15. The molecule has 0 aromatic carbocycles. The fourth-order valence-corrected chi connectivity index (χ4v) is 4.97. The predicted octanol–water partition coefficient (Wildman–Crippen LogP) is 3.91. The molecule has 3 rings (SSSR count). The molecule has 2 nitrogen and oxygen atoms in total. The van der Waals surface area contributed by atoms with E-state index in [-0.39, 0.29) is 12.1 Å². The zero-order valence-corrected chi connectivity index (χ0v) is 13.2. The fraction of sp³-hybridized carbons (Fsp3) is 0.429. The van der Waals surface area contributed by atoms with Crippen molar-refractivity contribution < 1.29 is 0 Å². The average molecular weight is 313 g/mol. The standard InChI is InChI=1S/C14H17ClN2S2/c1-9(16)14(12-2-3-13(15)19-12)17-6-4-11-10(8-17)5-7-18-11/h2-3,5,7,9,14H,4,6,8,16H2,1H3. The topological polar surface area (TPSA) is 29.3 Å². The number of nitrogens with zero attached hydrogens (tertiary/aromatic N) is 1. The molecule has 0 radical (unpaired) electrons. The van der Waals surface area contributed by atoms with Gasteiger partial charge in [-0.25, -0.2) is 0 Å². The molecule has 2 aromatic rings. The van der Waals surface area contributed by atoms with E-state index in [4.69, 9.17) is 17.3 Å². The van der Waals surface area contributed by atoms with Crippen molar-refractivity contribution in [2.45, 2.75) is 32.0 Å². The van der Waals surface area contributed by atoms with E-state index < -0.39 is 0 Å².